The second-order valence-electron chi connectivity index (χ2n) is 5.67. The van der Waals surface area contributed by atoms with Crippen LogP contribution in [0.3, 0.4) is 0 Å². The average Bonchev–Trinajstić information content (AvgIpc) is 3.34. The topological polar surface area (TPSA) is 85.2 Å². The lowest BCUT2D eigenvalue weighted by molar-refractivity contribution is 0.0371. The lowest BCUT2D eigenvalue weighted by Gasteiger charge is -1.99. The molecule has 0 aliphatic carbocycles. The number of para-hydroxylation sites is 1. The molecule has 4 aromatic rings. The van der Waals surface area contributed by atoms with E-state index >= 15 is 0 Å². The molecule has 0 saturated carbocycles. The summed E-state index contributed by atoms with van der Waals surface area (Å²) in [4.78, 5) is 31.5. The largest absolute Gasteiger partial charge is 0.453 e. The summed E-state index contributed by atoms with van der Waals surface area (Å²) in [5.74, 6) is -0.489. The minimum Gasteiger partial charge on any atom is -0.453 e. The van der Waals surface area contributed by atoms with Crippen molar-refractivity contribution in [3.05, 3.63) is 84.1 Å². The van der Waals surface area contributed by atoms with E-state index in [0.29, 0.717) is 11.5 Å². The maximum absolute atomic E-state index is 12.2. The number of nitrogens with one attached hydrogen (secondary N) is 1. The number of benzene rings is 1. The van der Waals surface area contributed by atoms with Crippen molar-refractivity contribution in [3.8, 4) is 0 Å². The first-order valence-corrected chi connectivity index (χ1v) is 9.14. The van der Waals surface area contributed by atoms with Crippen LogP contribution in [0.1, 0.15) is 26.8 Å². The summed E-state index contributed by atoms with van der Waals surface area (Å²) in [6.45, 7) is 0. The van der Waals surface area contributed by atoms with Crippen molar-refractivity contribution in [1.82, 2.24) is 9.97 Å². The summed E-state index contributed by atoms with van der Waals surface area (Å²) in [5.41, 5.74) is 1.01. The molecule has 0 atom stereocenters. The fourth-order valence-electron chi connectivity index (χ4n) is 2.52. The van der Waals surface area contributed by atoms with Crippen molar-refractivity contribution in [2.24, 2.45) is 0 Å². The standard InChI is InChI=1S/C20H14N2O4S/c23-19(16-11-13-5-1-2-6-15(13)22-16)26-20(24)17-9-8-14(25-17)12-27-18-7-3-4-10-21-18/h1-11,22H,12H2. The quantitative estimate of drug-likeness (QED) is 0.314. The van der Waals surface area contributed by atoms with Crippen LogP contribution < -0.4 is 0 Å². The molecule has 0 bridgehead atoms. The van der Waals surface area contributed by atoms with Crippen LogP contribution in [0.4, 0.5) is 0 Å². The molecule has 0 amide bonds. The van der Waals surface area contributed by atoms with E-state index in [1.54, 1.807) is 18.3 Å². The van der Waals surface area contributed by atoms with Gasteiger partial charge in [-0.05, 0) is 36.4 Å². The number of thioether (sulfide) groups is 1. The van der Waals surface area contributed by atoms with Gasteiger partial charge in [0.15, 0.2) is 0 Å². The second kappa shape index (κ2) is 7.51. The van der Waals surface area contributed by atoms with Gasteiger partial charge in [0.2, 0.25) is 5.76 Å². The van der Waals surface area contributed by atoms with Crippen molar-refractivity contribution in [2.75, 3.05) is 0 Å². The van der Waals surface area contributed by atoms with Crippen molar-refractivity contribution in [2.45, 2.75) is 10.8 Å². The van der Waals surface area contributed by atoms with Gasteiger partial charge in [-0.3, -0.25) is 0 Å². The average molecular weight is 378 g/mol. The summed E-state index contributed by atoms with van der Waals surface area (Å²) >= 11 is 1.48. The Morgan fingerprint density at radius 3 is 2.70 bits per heavy atom. The number of aromatic nitrogens is 2. The number of fused-ring (bicyclic) bond motifs is 1. The lowest BCUT2D eigenvalue weighted by atomic mass is 10.2. The highest BCUT2D eigenvalue weighted by Gasteiger charge is 2.20. The van der Waals surface area contributed by atoms with E-state index in [-0.39, 0.29) is 11.5 Å². The van der Waals surface area contributed by atoms with Crippen molar-refractivity contribution in [3.63, 3.8) is 0 Å². The predicted molar refractivity (Wildman–Crippen MR) is 101 cm³/mol. The number of furan rings is 1. The van der Waals surface area contributed by atoms with Crippen LogP contribution in [-0.4, -0.2) is 21.9 Å². The molecule has 1 N–H and O–H groups in total. The summed E-state index contributed by atoms with van der Waals surface area (Å²) < 4.78 is 10.4. The maximum atomic E-state index is 12.2. The van der Waals surface area contributed by atoms with Gasteiger partial charge in [-0.2, -0.15) is 0 Å². The van der Waals surface area contributed by atoms with E-state index < -0.39 is 11.9 Å². The highest BCUT2D eigenvalue weighted by Crippen LogP contribution is 2.22. The van der Waals surface area contributed by atoms with Gasteiger partial charge >= 0.3 is 11.9 Å². The zero-order chi connectivity index (χ0) is 18.6. The first kappa shape index (κ1) is 17.1. The van der Waals surface area contributed by atoms with Crippen LogP contribution >= 0.6 is 11.8 Å². The minimum atomic E-state index is -0.826. The van der Waals surface area contributed by atoms with Gasteiger partial charge in [0.25, 0.3) is 0 Å². The number of esters is 2. The van der Waals surface area contributed by atoms with Crippen LogP contribution in [0.2, 0.25) is 0 Å². The van der Waals surface area contributed by atoms with Gasteiger partial charge in [-0.15, -0.1) is 0 Å². The normalized spacial score (nSPS) is 10.8. The molecule has 3 heterocycles. The summed E-state index contributed by atoms with van der Waals surface area (Å²) in [6.07, 6.45) is 1.71. The number of rotatable bonds is 5. The van der Waals surface area contributed by atoms with Gasteiger partial charge in [0.1, 0.15) is 11.5 Å². The molecule has 0 spiro atoms. The first-order chi connectivity index (χ1) is 13.2. The van der Waals surface area contributed by atoms with Crippen molar-refractivity contribution >= 4 is 34.6 Å². The number of hydrogen-bond acceptors (Lipinski definition) is 6. The summed E-state index contributed by atoms with van der Waals surface area (Å²) in [5, 5.41) is 1.72. The van der Waals surface area contributed by atoms with Gasteiger partial charge in [-0.25, -0.2) is 14.6 Å². The Bertz CT molecular complexity index is 1070. The number of ether oxygens (including phenoxy) is 1. The van der Waals surface area contributed by atoms with Gasteiger partial charge in [-0.1, -0.05) is 36.0 Å². The van der Waals surface area contributed by atoms with Crippen LogP contribution in [0, 0.1) is 0 Å². The third kappa shape index (κ3) is 3.93. The Labute approximate surface area is 158 Å². The van der Waals surface area contributed by atoms with E-state index in [9.17, 15) is 9.59 Å². The second-order valence-corrected chi connectivity index (χ2v) is 6.67. The van der Waals surface area contributed by atoms with E-state index in [1.807, 2.05) is 42.5 Å². The SMILES string of the molecule is O=C(OC(=O)c1ccc(CSc2ccccn2)o1)c1cc2ccccc2[nH]1. The number of H-pyrrole nitrogens is 1. The van der Waals surface area contributed by atoms with Crippen molar-refractivity contribution in [1.29, 1.82) is 0 Å². The van der Waals surface area contributed by atoms with Crippen LogP contribution in [0.5, 0.6) is 0 Å². The Morgan fingerprint density at radius 1 is 1.04 bits per heavy atom. The molecule has 3 aromatic heterocycles. The summed E-state index contributed by atoms with van der Waals surface area (Å²) in [6, 6.07) is 17.9. The molecule has 27 heavy (non-hydrogen) atoms. The fourth-order valence-corrected chi connectivity index (χ4v) is 3.27. The molecule has 0 saturated heterocycles. The van der Waals surface area contributed by atoms with Crippen molar-refractivity contribution < 1.29 is 18.7 Å². The lowest BCUT2D eigenvalue weighted by Crippen LogP contribution is -2.12. The van der Waals surface area contributed by atoms with Crippen LogP contribution in [0.25, 0.3) is 10.9 Å². The third-order valence-electron chi connectivity index (χ3n) is 3.80. The zero-order valence-corrected chi connectivity index (χ0v) is 14.9. The van der Waals surface area contributed by atoms with Gasteiger partial charge in [0, 0.05) is 17.1 Å². The molecule has 0 aliphatic rings. The molecule has 7 heteroatoms. The Balaban J connectivity index is 1.39. The fraction of sp³-hybridized carbons (Fsp3) is 0.0500. The third-order valence-corrected chi connectivity index (χ3v) is 4.76. The molecular weight excluding hydrogens is 364 g/mol. The maximum Gasteiger partial charge on any atom is 0.382 e. The molecule has 0 aliphatic heterocycles. The zero-order valence-electron chi connectivity index (χ0n) is 14.0. The van der Waals surface area contributed by atoms with Gasteiger partial charge in [0.05, 0.1) is 10.8 Å². The Hall–Kier alpha value is -3.32. The highest BCUT2D eigenvalue weighted by atomic mass is 32.2. The molecule has 134 valence electrons. The smallest absolute Gasteiger partial charge is 0.382 e. The van der Waals surface area contributed by atoms with E-state index in [0.717, 1.165) is 15.9 Å². The molecule has 0 radical (unpaired) electrons. The monoisotopic (exact) mass is 378 g/mol. The van der Waals surface area contributed by atoms with Crippen LogP contribution in [-0.2, 0) is 10.5 Å². The Kier molecular flexibility index (Phi) is 4.76. The first-order valence-electron chi connectivity index (χ1n) is 8.16. The molecule has 6 nitrogen and oxygen atoms in total. The number of carbonyl (C=O) groups is 2. The number of nitrogens with zero attached hydrogens (tertiary/aromatic N) is 1. The molecule has 4 rings (SSSR count). The number of carbonyl (C=O) groups excluding carboxylic acids is 2. The molecule has 1 aromatic carbocycles. The summed E-state index contributed by atoms with van der Waals surface area (Å²) in [7, 11) is 0. The Morgan fingerprint density at radius 2 is 1.89 bits per heavy atom. The van der Waals surface area contributed by atoms with E-state index in [4.69, 9.17) is 9.15 Å². The number of pyridine rings is 1. The molecular formula is C20H14N2O4S. The van der Waals surface area contributed by atoms with E-state index in [1.165, 1.54) is 17.8 Å². The molecule has 0 fully saturated rings. The number of hydrogen-bond donors (Lipinski definition) is 1. The van der Waals surface area contributed by atoms with E-state index in [2.05, 4.69) is 9.97 Å². The highest BCUT2D eigenvalue weighted by molar-refractivity contribution is 7.98. The van der Waals surface area contributed by atoms with Gasteiger partial charge < -0.3 is 14.1 Å². The minimum absolute atomic E-state index is 0.0175. The molecule has 0 unspecified atom stereocenters. The van der Waals surface area contributed by atoms with Crippen LogP contribution in [0.15, 0.2) is 76.3 Å². The number of aromatic amines is 1. The predicted octanol–water partition coefficient (Wildman–Crippen LogP) is 4.45.